The zero-order chi connectivity index (χ0) is 49.8. The summed E-state index contributed by atoms with van der Waals surface area (Å²) in [5.74, 6) is -0.770. The number of hydrogen-bond donors (Lipinski definition) is 0. The molecule has 0 radical (unpaired) electrons. The highest BCUT2D eigenvalue weighted by Gasteiger charge is 2.44. The summed E-state index contributed by atoms with van der Waals surface area (Å²) in [7, 11) is 0. The van der Waals surface area contributed by atoms with Crippen molar-refractivity contribution >= 4 is 114 Å². The van der Waals surface area contributed by atoms with Gasteiger partial charge in [0.25, 0.3) is 23.6 Å². The van der Waals surface area contributed by atoms with Crippen LogP contribution in [0.5, 0.6) is 0 Å². The summed E-state index contributed by atoms with van der Waals surface area (Å²) in [5.41, 5.74) is 7.88. The second-order valence-electron chi connectivity index (χ2n) is 18.7. The largest absolute Gasteiger partial charge is 0.274 e. The van der Waals surface area contributed by atoms with E-state index in [4.69, 9.17) is 0 Å². The van der Waals surface area contributed by atoms with Crippen LogP contribution in [0.15, 0.2) is 70.1 Å². The first-order chi connectivity index (χ1) is 35.4. The average molecular weight is 1080 g/mol. The molecule has 10 rings (SSSR count). The van der Waals surface area contributed by atoms with Gasteiger partial charge >= 0.3 is 0 Å². The van der Waals surface area contributed by atoms with Gasteiger partial charge in [0.1, 0.15) is 22.1 Å². The van der Waals surface area contributed by atoms with Crippen molar-refractivity contribution in [2.75, 3.05) is 13.1 Å². The second kappa shape index (κ2) is 25.4. The highest BCUT2D eigenvalue weighted by molar-refractivity contribution is 7.15. The van der Waals surface area contributed by atoms with E-state index < -0.39 is 0 Å². The Morgan fingerprint density at radius 2 is 0.569 bits per heavy atom. The van der Waals surface area contributed by atoms with Gasteiger partial charge in [0.2, 0.25) is 0 Å². The number of benzene rings is 2. The molecule has 2 aliphatic heterocycles. The molecule has 0 unspecified atom stereocenters. The fraction of sp³-hybridized carbons (Fsp3) is 0.429. The van der Waals surface area contributed by atoms with E-state index in [9.17, 15) is 19.2 Å². The van der Waals surface area contributed by atoms with Gasteiger partial charge in [0, 0.05) is 54.9 Å². The number of hydrogen-bond acceptors (Lipinski definition) is 14. The lowest BCUT2D eigenvalue weighted by atomic mass is 9.93. The van der Waals surface area contributed by atoms with Crippen molar-refractivity contribution in [1.82, 2.24) is 27.3 Å². The van der Waals surface area contributed by atoms with Crippen LogP contribution in [0.3, 0.4) is 0 Å². The number of carbonyl (C=O) groups excluding carboxylic acids is 4. The Hall–Kier alpha value is -4.84. The monoisotopic (exact) mass is 1070 g/mol. The Morgan fingerprint density at radius 1 is 0.333 bits per heavy atom. The van der Waals surface area contributed by atoms with Gasteiger partial charge in [-0.25, -0.2) is 0 Å². The van der Waals surface area contributed by atoms with E-state index in [1.165, 1.54) is 99.7 Å². The van der Waals surface area contributed by atoms with E-state index in [0.717, 1.165) is 104 Å². The predicted molar refractivity (Wildman–Crippen MR) is 303 cm³/mol. The molecule has 0 bridgehead atoms. The number of thiophene rings is 4. The molecule has 8 heterocycles. The van der Waals surface area contributed by atoms with Gasteiger partial charge in [0.15, 0.2) is 0 Å². The fourth-order valence-electron chi connectivity index (χ4n) is 10.2. The molecule has 0 spiro atoms. The van der Waals surface area contributed by atoms with Crippen LogP contribution in [-0.2, 0) is 0 Å². The van der Waals surface area contributed by atoms with Gasteiger partial charge in [-0.2, -0.15) is 17.5 Å². The third kappa shape index (κ3) is 11.1. The first-order valence-electron chi connectivity index (χ1n) is 26.0. The Bertz CT molecular complexity index is 2680. The van der Waals surface area contributed by atoms with Crippen LogP contribution >= 0.6 is 68.8 Å². The van der Waals surface area contributed by atoms with Gasteiger partial charge in [-0.05, 0) is 58.6 Å². The van der Waals surface area contributed by atoms with Gasteiger partial charge in [-0.3, -0.25) is 29.0 Å². The third-order valence-electron chi connectivity index (χ3n) is 13.8. The maximum atomic E-state index is 13.8. The Balaban J connectivity index is 0.000000178. The van der Waals surface area contributed by atoms with Gasteiger partial charge in [-0.1, -0.05) is 154 Å². The minimum atomic E-state index is -0.193. The molecule has 4 amide bonds. The molecule has 0 saturated heterocycles. The lowest BCUT2D eigenvalue weighted by Crippen LogP contribution is -2.30. The van der Waals surface area contributed by atoms with Crippen LogP contribution in [-0.4, -0.2) is 64.0 Å². The lowest BCUT2D eigenvalue weighted by Gasteiger charge is -2.13. The quantitative estimate of drug-likeness (QED) is 0.0388. The molecule has 2 aliphatic rings. The normalized spacial score (nSPS) is 13.3. The Labute approximate surface area is 447 Å². The number of unbranched alkanes of at least 4 members (excludes halogenated alkanes) is 18. The van der Waals surface area contributed by atoms with Gasteiger partial charge < -0.3 is 0 Å². The Morgan fingerprint density at radius 3 is 0.792 bits per heavy atom. The minimum Gasteiger partial charge on any atom is -0.274 e. The number of nitrogens with zero attached hydrogens (tertiary/aromatic N) is 6. The molecule has 72 heavy (non-hydrogen) atoms. The molecule has 10 nitrogen and oxygen atoms in total. The summed E-state index contributed by atoms with van der Waals surface area (Å²) in [6, 6.07) is 15.8. The van der Waals surface area contributed by atoms with E-state index in [-0.39, 0.29) is 23.6 Å². The fourth-order valence-corrected chi connectivity index (χ4v) is 14.4. The number of aromatic nitrogens is 4. The maximum Gasteiger partial charge on any atom is 0.262 e. The number of fused-ring (bicyclic) bond motifs is 4. The van der Waals surface area contributed by atoms with E-state index in [1.807, 2.05) is 70.1 Å². The summed E-state index contributed by atoms with van der Waals surface area (Å²) in [6.07, 6.45) is 24.3. The van der Waals surface area contributed by atoms with Crippen LogP contribution in [0, 0.1) is 0 Å². The zero-order valence-corrected chi connectivity index (χ0v) is 46.1. The molecule has 2 aromatic carbocycles. The third-order valence-corrected chi connectivity index (χ3v) is 18.4. The van der Waals surface area contributed by atoms with Crippen LogP contribution in [0.4, 0.5) is 0 Å². The predicted octanol–water partition coefficient (Wildman–Crippen LogP) is 17.3. The standard InChI is InChI=1S/2C28H31N3O2S3/c2*1-2-3-4-5-6-7-8-9-10-11-16-31-27(32)23-21(19-14-12-17-34-19)25-26(30-36-29-25)22(24(23)28(31)33)20-15-13-18-35-20/h2*12-15,17-18H,2-11,16H2,1H3. The molecule has 0 aliphatic carbocycles. The minimum absolute atomic E-state index is 0.193. The van der Waals surface area contributed by atoms with Crippen molar-refractivity contribution in [2.45, 2.75) is 142 Å². The maximum absolute atomic E-state index is 13.8. The van der Waals surface area contributed by atoms with Crippen molar-refractivity contribution in [3.8, 4) is 41.8 Å². The first kappa shape index (κ1) is 52.0. The highest BCUT2D eigenvalue weighted by atomic mass is 32.1. The lowest BCUT2D eigenvalue weighted by molar-refractivity contribution is 0.0636. The van der Waals surface area contributed by atoms with Crippen LogP contribution < -0.4 is 0 Å². The van der Waals surface area contributed by atoms with Crippen molar-refractivity contribution in [2.24, 2.45) is 0 Å². The van der Waals surface area contributed by atoms with Crippen molar-refractivity contribution in [3.05, 3.63) is 92.3 Å². The molecule has 8 aromatic rings. The summed E-state index contributed by atoms with van der Waals surface area (Å²) >= 11 is 8.51. The smallest absolute Gasteiger partial charge is 0.262 e. The zero-order valence-electron chi connectivity index (χ0n) is 41.3. The SMILES string of the molecule is CCCCCCCCCCCCN1C(=O)c2c(c(-c3cccs3)c3nsnc3c2-c2cccs2)C1=O.CCCCCCCCCCCCN1C(=O)c2c(c(-c3cccs3)c3nsnc3c2-c2cccs2)C1=O. The van der Waals surface area contributed by atoms with Crippen LogP contribution in [0.25, 0.3) is 63.8 Å². The van der Waals surface area contributed by atoms with E-state index in [0.29, 0.717) is 57.4 Å². The molecule has 376 valence electrons. The van der Waals surface area contributed by atoms with Crippen molar-refractivity contribution in [1.29, 1.82) is 0 Å². The van der Waals surface area contributed by atoms with Crippen molar-refractivity contribution < 1.29 is 19.2 Å². The van der Waals surface area contributed by atoms with Crippen LogP contribution in [0.1, 0.15) is 184 Å². The molecule has 0 fully saturated rings. The molecule has 0 atom stereocenters. The van der Waals surface area contributed by atoms with Crippen LogP contribution in [0.2, 0.25) is 0 Å². The van der Waals surface area contributed by atoms with Gasteiger partial charge in [0.05, 0.1) is 45.7 Å². The number of imide groups is 2. The highest BCUT2D eigenvalue weighted by Crippen LogP contribution is 2.48. The van der Waals surface area contributed by atoms with E-state index >= 15 is 0 Å². The topological polar surface area (TPSA) is 126 Å². The van der Waals surface area contributed by atoms with E-state index in [1.54, 1.807) is 45.3 Å². The Kier molecular flexibility index (Phi) is 18.4. The average Bonchev–Trinajstić information content (AvgIpc) is 4.24. The summed E-state index contributed by atoms with van der Waals surface area (Å²) in [4.78, 5) is 61.8. The molecule has 16 heteroatoms. The second-order valence-corrected chi connectivity index (χ2v) is 23.6. The summed E-state index contributed by atoms with van der Waals surface area (Å²) in [6.45, 7) is 5.42. The molecule has 0 saturated carbocycles. The molecular weight excluding hydrogens is 1010 g/mol. The number of carbonyl (C=O) groups is 4. The van der Waals surface area contributed by atoms with Gasteiger partial charge in [-0.15, -0.1) is 45.3 Å². The number of rotatable bonds is 26. The first-order valence-corrected chi connectivity index (χ1v) is 30.9. The molecular formula is C56H62N6O4S6. The number of amides is 4. The van der Waals surface area contributed by atoms with E-state index in [2.05, 4.69) is 31.3 Å². The van der Waals surface area contributed by atoms with Crippen molar-refractivity contribution in [3.63, 3.8) is 0 Å². The summed E-state index contributed by atoms with van der Waals surface area (Å²) < 4.78 is 18.4. The molecule has 6 aromatic heterocycles. The molecule has 0 N–H and O–H groups in total. The summed E-state index contributed by atoms with van der Waals surface area (Å²) in [5, 5.41) is 7.96.